The van der Waals surface area contributed by atoms with Gasteiger partial charge in [0.15, 0.2) is 0 Å². The van der Waals surface area contributed by atoms with E-state index < -0.39 is 0 Å². The van der Waals surface area contributed by atoms with Gasteiger partial charge in [-0.15, -0.1) is 0 Å². The van der Waals surface area contributed by atoms with Crippen LogP contribution in [-0.2, 0) is 14.2 Å². The maximum Gasteiger partial charge on any atom is 0.314 e. The largest absolute Gasteiger partial charge is 0.379 e. The van der Waals surface area contributed by atoms with E-state index in [-0.39, 0.29) is 6.03 Å². The highest BCUT2D eigenvalue weighted by Gasteiger charge is 1.99. The van der Waals surface area contributed by atoms with E-state index in [2.05, 4.69) is 10.6 Å². The second-order valence-corrected chi connectivity index (χ2v) is 3.73. The lowest BCUT2D eigenvalue weighted by Crippen LogP contribution is -2.37. The van der Waals surface area contributed by atoms with E-state index in [1.165, 1.54) is 0 Å². The summed E-state index contributed by atoms with van der Waals surface area (Å²) in [5, 5.41) is 5.52. The Morgan fingerprint density at radius 2 is 1.12 bits per heavy atom. The van der Waals surface area contributed by atoms with Gasteiger partial charge in [0, 0.05) is 26.3 Å². The monoisotopic (exact) mass is 246 g/mol. The summed E-state index contributed by atoms with van der Waals surface area (Å²) >= 11 is 0. The summed E-state index contributed by atoms with van der Waals surface area (Å²) in [5.41, 5.74) is 0. The zero-order valence-electron chi connectivity index (χ0n) is 10.2. The maximum absolute atomic E-state index is 11.3. The molecule has 1 fully saturated rings. The molecular weight excluding hydrogens is 224 g/mol. The molecule has 6 heteroatoms. The normalized spacial score (nSPS) is 22.5. The molecule has 100 valence electrons. The molecule has 2 amide bonds. The van der Waals surface area contributed by atoms with Crippen LogP contribution in [0.25, 0.3) is 0 Å². The molecule has 0 aromatic carbocycles. The molecule has 0 aromatic heterocycles. The van der Waals surface area contributed by atoms with Gasteiger partial charge >= 0.3 is 6.03 Å². The van der Waals surface area contributed by atoms with Crippen LogP contribution in [0, 0.1) is 0 Å². The molecule has 0 radical (unpaired) electrons. The summed E-state index contributed by atoms with van der Waals surface area (Å²) < 4.78 is 16.0. The van der Waals surface area contributed by atoms with Crippen molar-refractivity contribution < 1.29 is 19.0 Å². The second-order valence-electron chi connectivity index (χ2n) is 3.73. The number of nitrogens with one attached hydrogen (secondary N) is 2. The fraction of sp³-hybridized carbons (Fsp3) is 0.909. The van der Waals surface area contributed by atoms with Gasteiger partial charge < -0.3 is 24.8 Å². The Balaban J connectivity index is 2.11. The minimum atomic E-state index is -0.125. The van der Waals surface area contributed by atoms with Crippen molar-refractivity contribution in [1.82, 2.24) is 10.6 Å². The molecule has 1 saturated heterocycles. The number of ether oxygens (including phenoxy) is 3. The van der Waals surface area contributed by atoms with Gasteiger partial charge in [0.25, 0.3) is 0 Å². The Bertz CT molecular complexity index is 184. The molecular formula is C11H22N2O4. The first-order valence-electron chi connectivity index (χ1n) is 6.14. The number of hydrogen-bond donors (Lipinski definition) is 2. The van der Waals surface area contributed by atoms with Crippen LogP contribution >= 0.6 is 0 Å². The minimum Gasteiger partial charge on any atom is -0.379 e. The fourth-order valence-corrected chi connectivity index (χ4v) is 1.36. The van der Waals surface area contributed by atoms with Crippen molar-refractivity contribution >= 4 is 6.03 Å². The summed E-state index contributed by atoms with van der Waals surface area (Å²) in [6, 6.07) is -0.125. The van der Waals surface area contributed by atoms with Gasteiger partial charge in [-0.1, -0.05) is 0 Å². The molecule has 0 spiro atoms. The molecule has 17 heavy (non-hydrogen) atoms. The zero-order chi connectivity index (χ0) is 12.2. The first-order valence-corrected chi connectivity index (χ1v) is 6.14. The highest BCUT2D eigenvalue weighted by atomic mass is 16.5. The molecule has 1 aliphatic rings. The van der Waals surface area contributed by atoms with Crippen LogP contribution in [0.1, 0.15) is 12.8 Å². The Morgan fingerprint density at radius 1 is 0.706 bits per heavy atom. The molecule has 0 atom stereocenters. The van der Waals surface area contributed by atoms with Crippen LogP contribution in [0.3, 0.4) is 0 Å². The van der Waals surface area contributed by atoms with Gasteiger partial charge in [0.1, 0.15) is 0 Å². The number of carbonyl (C=O) groups is 1. The minimum absolute atomic E-state index is 0.125. The quantitative estimate of drug-likeness (QED) is 0.637. The van der Waals surface area contributed by atoms with E-state index >= 15 is 0 Å². The third-order valence-corrected chi connectivity index (χ3v) is 2.25. The predicted molar refractivity (Wildman–Crippen MR) is 63.1 cm³/mol. The lowest BCUT2D eigenvalue weighted by Gasteiger charge is -2.10. The summed E-state index contributed by atoms with van der Waals surface area (Å²) in [7, 11) is 0. The Morgan fingerprint density at radius 3 is 1.59 bits per heavy atom. The van der Waals surface area contributed by atoms with Crippen LogP contribution in [-0.4, -0.2) is 58.8 Å². The number of rotatable bonds is 0. The van der Waals surface area contributed by atoms with E-state index in [4.69, 9.17) is 14.2 Å². The topological polar surface area (TPSA) is 68.8 Å². The lowest BCUT2D eigenvalue weighted by molar-refractivity contribution is 0.0137. The third kappa shape index (κ3) is 8.91. The van der Waals surface area contributed by atoms with E-state index in [0.29, 0.717) is 52.7 Å². The Labute approximate surface area is 102 Å². The number of urea groups is 1. The van der Waals surface area contributed by atoms with Crippen molar-refractivity contribution in [3.05, 3.63) is 0 Å². The molecule has 6 nitrogen and oxygen atoms in total. The molecule has 1 rings (SSSR count). The van der Waals surface area contributed by atoms with Crippen LogP contribution in [0.2, 0.25) is 0 Å². The van der Waals surface area contributed by atoms with Crippen LogP contribution in [0.4, 0.5) is 4.79 Å². The first-order chi connectivity index (χ1) is 8.39. The van der Waals surface area contributed by atoms with Gasteiger partial charge in [-0.3, -0.25) is 0 Å². The molecule has 1 aliphatic heterocycles. The van der Waals surface area contributed by atoms with E-state index in [0.717, 1.165) is 12.8 Å². The Hall–Kier alpha value is -0.850. The summed E-state index contributed by atoms with van der Waals surface area (Å²) in [5.74, 6) is 0. The van der Waals surface area contributed by atoms with E-state index in [9.17, 15) is 4.79 Å². The zero-order valence-corrected chi connectivity index (χ0v) is 10.2. The smallest absolute Gasteiger partial charge is 0.314 e. The van der Waals surface area contributed by atoms with Gasteiger partial charge in [-0.2, -0.15) is 0 Å². The molecule has 0 bridgehead atoms. The maximum atomic E-state index is 11.3. The van der Waals surface area contributed by atoms with Gasteiger partial charge in [0.05, 0.1) is 26.4 Å². The van der Waals surface area contributed by atoms with Crippen LogP contribution in [0.15, 0.2) is 0 Å². The van der Waals surface area contributed by atoms with Crippen molar-refractivity contribution in [3.8, 4) is 0 Å². The van der Waals surface area contributed by atoms with Crippen LogP contribution < -0.4 is 10.6 Å². The van der Waals surface area contributed by atoms with Gasteiger partial charge in [-0.05, 0) is 12.8 Å². The number of carbonyl (C=O) groups excluding carboxylic acids is 1. The molecule has 0 saturated carbocycles. The SMILES string of the molecule is O=C1NCCCOCCOCCOCCCN1. The number of amides is 2. The third-order valence-electron chi connectivity index (χ3n) is 2.25. The lowest BCUT2D eigenvalue weighted by atomic mass is 10.4. The molecule has 0 unspecified atom stereocenters. The average molecular weight is 246 g/mol. The highest BCUT2D eigenvalue weighted by Crippen LogP contribution is 1.86. The molecule has 1 heterocycles. The number of hydrogen-bond acceptors (Lipinski definition) is 4. The van der Waals surface area contributed by atoms with Crippen molar-refractivity contribution in [2.75, 3.05) is 52.7 Å². The van der Waals surface area contributed by atoms with Gasteiger partial charge in [0.2, 0.25) is 0 Å². The average Bonchev–Trinajstić information content (AvgIpc) is 2.32. The molecule has 2 N–H and O–H groups in total. The van der Waals surface area contributed by atoms with Crippen molar-refractivity contribution in [2.45, 2.75) is 12.8 Å². The Kier molecular flexibility index (Phi) is 8.62. The second kappa shape index (κ2) is 10.3. The van der Waals surface area contributed by atoms with E-state index in [1.807, 2.05) is 0 Å². The molecule has 0 aromatic rings. The van der Waals surface area contributed by atoms with Gasteiger partial charge in [-0.25, -0.2) is 4.79 Å². The first kappa shape index (κ1) is 14.2. The van der Waals surface area contributed by atoms with Crippen molar-refractivity contribution in [3.63, 3.8) is 0 Å². The van der Waals surface area contributed by atoms with Crippen molar-refractivity contribution in [1.29, 1.82) is 0 Å². The molecule has 0 aliphatic carbocycles. The predicted octanol–water partition coefficient (Wildman–Crippen LogP) is 0.129. The summed E-state index contributed by atoms with van der Waals surface area (Å²) in [6.07, 6.45) is 1.63. The standard InChI is InChI=1S/C11H22N2O4/c14-11-12-3-1-5-15-7-9-17-10-8-16-6-2-4-13-11/h1-10H2,(H2,12,13,14). The fourth-order valence-electron chi connectivity index (χ4n) is 1.36. The van der Waals surface area contributed by atoms with Crippen LogP contribution in [0.5, 0.6) is 0 Å². The summed E-state index contributed by atoms with van der Waals surface area (Å²) in [6.45, 7) is 4.90. The summed E-state index contributed by atoms with van der Waals surface area (Å²) in [4.78, 5) is 11.3. The van der Waals surface area contributed by atoms with Crippen molar-refractivity contribution in [2.24, 2.45) is 0 Å². The van der Waals surface area contributed by atoms with E-state index in [1.54, 1.807) is 0 Å². The highest BCUT2D eigenvalue weighted by molar-refractivity contribution is 5.73.